The number of likely N-dealkylation sites (tertiary alicyclic amines) is 1. The van der Waals surface area contributed by atoms with Crippen LogP contribution in [-0.2, 0) is 5.60 Å². The van der Waals surface area contributed by atoms with Crippen LogP contribution in [0.5, 0.6) is 0 Å². The van der Waals surface area contributed by atoms with Gasteiger partial charge in [0, 0.05) is 42.3 Å². The first-order valence-corrected chi connectivity index (χ1v) is 11.5. The van der Waals surface area contributed by atoms with E-state index >= 15 is 0 Å². The predicted octanol–water partition coefficient (Wildman–Crippen LogP) is 2.79. The zero-order valence-corrected chi connectivity index (χ0v) is 19.4. The van der Waals surface area contributed by atoms with Crippen LogP contribution >= 0.6 is 0 Å². The molecule has 35 heavy (non-hydrogen) atoms. The Kier molecular flexibility index (Phi) is 4.88. The smallest absolute Gasteiger partial charge is 0.220 e. The van der Waals surface area contributed by atoms with Gasteiger partial charge in [0.05, 0.1) is 24.0 Å². The van der Waals surface area contributed by atoms with E-state index in [0.29, 0.717) is 28.8 Å². The molecule has 4 aromatic heterocycles. The number of aryl methyl sites for hydroxylation is 1. The quantitative estimate of drug-likeness (QED) is 0.434. The molecule has 1 saturated carbocycles. The standard InChI is InChI=1S/C25H24FN7O2/c1-14-7-22(31-35-14)25(2,34)6-5-15-8-18-19(23-20(26)9-29-24(27)30-23)13-33(21(18)10-28-15)17-11-32(12-17)16-3-4-16/h7-10,13,16-17,34H,3-4,11-12H2,1-2H3,(H2,27,29,30). The normalized spacial score (nSPS) is 18.2. The van der Waals surface area contributed by atoms with Crippen molar-refractivity contribution in [2.24, 2.45) is 0 Å². The van der Waals surface area contributed by atoms with Crippen LogP contribution in [0.15, 0.2) is 35.2 Å². The van der Waals surface area contributed by atoms with E-state index in [1.165, 1.54) is 12.8 Å². The van der Waals surface area contributed by atoms with E-state index in [2.05, 4.69) is 41.4 Å². The van der Waals surface area contributed by atoms with E-state index in [-0.39, 0.29) is 17.7 Å². The lowest BCUT2D eigenvalue weighted by Gasteiger charge is -2.40. The minimum Gasteiger partial charge on any atom is -0.372 e. The molecule has 0 radical (unpaired) electrons. The Morgan fingerprint density at radius 3 is 2.71 bits per heavy atom. The second-order valence-corrected chi connectivity index (χ2v) is 9.45. The van der Waals surface area contributed by atoms with Gasteiger partial charge in [-0.05, 0) is 38.7 Å². The summed E-state index contributed by atoms with van der Waals surface area (Å²) in [5.74, 6) is 5.76. The van der Waals surface area contributed by atoms with Crippen molar-refractivity contribution in [3.05, 3.63) is 53.7 Å². The number of rotatable bonds is 4. The monoisotopic (exact) mass is 473 g/mol. The number of hydrogen-bond acceptors (Lipinski definition) is 8. The van der Waals surface area contributed by atoms with Crippen molar-refractivity contribution in [2.45, 2.75) is 44.4 Å². The molecule has 1 saturated heterocycles. The van der Waals surface area contributed by atoms with E-state index in [0.717, 1.165) is 30.2 Å². The molecule has 2 aliphatic rings. The molecule has 6 rings (SSSR count). The third kappa shape index (κ3) is 3.92. The molecule has 1 aliphatic carbocycles. The van der Waals surface area contributed by atoms with Crippen molar-refractivity contribution in [1.82, 2.24) is 29.6 Å². The van der Waals surface area contributed by atoms with Crippen LogP contribution < -0.4 is 5.73 Å². The number of anilines is 1. The molecular formula is C25H24FN7O2. The summed E-state index contributed by atoms with van der Waals surface area (Å²) in [6.07, 6.45) is 7.25. The summed E-state index contributed by atoms with van der Waals surface area (Å²) < 4.78 is 22.0. The number of fused-ring (bicyclic) bond motifs is 1. The van der Waals surface area contributed by atoms with Gasteiger partial charge in [-0.25, -0.2) is 19.3 Å². The Morgan fingerprint density at radius 1 is 1.20 bits per heavy atom. The van der Waals surface area contributed by atoms with Crippen LogP contribution in [0.3, 0.4) is 0 Å². The SMILES string of the molecule is Cc1cc(C(C)(O)C#Cc2cc3c(-c4nc(N)ncc4F)cn(C4CN(C5CC5)C4)c3cn2)no1. The van der Waals surface area contributed by atoms with Crippen LogP contribution in [0.2, 0.25) is 0 Å². The van der Waals surface area contributed by atoms with Gasteiger partial charge in [0.25, 0.3) is 0 Å². The molecule has 3 N–H and O–H groups in total. The maximum atomic E-state index is 14.8. The highest BCUT2D eigenvalue weighted by Gasteiger charge is 2.39. The fourth-order valence-corrected chi connectivity index (χ4v) is 4.52. The summed E-state index contributed by atoms with van der Waals surface area (Å²) in [4.78, 5) is 14.9. The third-order valence-corrected chi connectivity index (χ3v) is 6.65. The summed E-state index contributed by atoms with van der Waals surface area (Å²) in [5, 5.41) is 15.4. The number of aromatic nitrogens is 5. The Labute approximate surface area is 200 Å². The first-order valence-electron chi connectivity index (χ1n) is 11.5. The van der Waals surface area contributed by atoms with E-state index in [1.807, 2.05) is 6.20 Å². The summed E-state index contributed by atoms with van der Waals surface area (Å²) >= 11 is 0. The molecule has 1 aliphatic heterocycles. The number of nitrogens with zero attached hydrogens (tertiary/aromatic N) is 6. The van der Waals surface area contributed by atoms with E-state index in [1.54, 1.807) is 32.2 Å². The lowest BCUT2D eigenvalue weighted by molar-refractivity contribution is 0.101. The Balaban J connectivity index is 1.42. The molecule has 0 amide bonds. The van der Waals surface area contributed by atoms with Crippen LogP contribution in [0.25, 0.3) is 22.2 Å². The van der Waals surface area contributed by atoms with E-state index in [4.69, 9.17) is 10.3 Å². The summed E-state index contributed by atoms with van der Waals surface area (Å²) in [6, 6.07) is 4.39. The van der Waals surface area contributed by atoms with Gasteiger partial charge in [0.1, 0.15) is 22.8 Å². The molecule has 1 unspecified atom stereocenters. The first-order chi connectivity index (χ1) is 16.8. The van der Waals surface area contributed by atoms with Gasteiger partial charge in [0.15, 0.2) is 11.4 Å². The Hall–Kier alpha value is -3.81. The van der Waals surface area contributed by atoms with E-state index < -0.39 is 11.4 Å². The number of pyridine rings is 1. The number of nitrogens with two attached hydrogens (primary N) is 1. The predicted molar refractivity (Wildman–Crippen MR) is 126 cm³/mol. The molecule has 4 aromatic rings. The second kappa shape index (κ2) is 7.86. The van der Waals surface area contributed by atoms with Gasteiger partial charge < -0.3 is 19.9 Å². The van der Waals surface area contributed by atoms with Gasteiger partial charge in [-0.2, -0.15) is 0 Å². The van der Waals surface area contributed by atoms with Gasteiger partial charge in [0.2, 0.25) is 5.95 Å². The van der Waals surface area contributed by atoms with Crippen LogP contribution in [0.4, 0.5) is 10.3 Å². The summed E-state index contributed by atoms with van der Waals surface area (Å²) in [5.41, 5.74) is 6.59. The largest absolute Gasteiger partial charge is 0.372 e. The molecule has 178 valence electrons. The maximum absolute atomic E-state index is 14.8. The third-order valence-electron chi connectivity index (χ3n) is 6.65. The maximum Gasteiger partial charge on any atom is 0.220 e. The van der Waals surface area contributed by atoms with Gasteiger partial charge >= 0.3 is 0 Å². The van der Waals surface area contributed by atoms with Crippen molar-refractivity contribution in [3.63, 3.8) is 0 Å². The van der Waals surface area contributed by atoms with Crippen molar-refractivity contribution in [1.29, 1.82) is 0 Å². The molecule has 10 heteroatoms. The summed E-state index contributed by atoms with van der Waals surface area (Å²) in [6.45, 7) is 5.18. The Morgan fingerprint density at radius 2 is 2.00 bits per heavy atom. The molecule has 5 heterocycles. The fraction of sp³-hybridized carbons (Fsp3) is 0.360. The molecule has 9 nitrogen and oxygen atoms in total. The molecular weight excluding hydrogens is 449 g/mol. The lowest BCUT2D eigenvalue weighted by atomic mass is 10.0. The highest BCUT2D eigenvalue weighted by molar-refractivity contribution is 5.95. The van der Waals surface area contributed by atoms with Crippen molar-refractivity contribution in [2.75, 3.05) is 18.8 Å². The van der Waals surface area contributed by atoms with Crippen LogP contribution in [-0.4, -0.2) is 53.8 Å². The number of aliphatic hydroxyl groups is 1. The minimum atomic E-state index is -1.52. The second-order valence-electron chi connectivity index (χ2n) is 9.45. The van der Waals surface area contributed by atoms with Crippen molar-refractivity contribution in [3.8, 4) is 23.1 Å². The molecule has 2 fully saturated rings. The van der Waals surface area contributed by atoms with E-state index in [9.17, 15) is 9.50 Å². The highest BCUT2D eigenvalue weighted by atomic mass is 19.1. The number of halogens is 1. The Bertz CT molecular complexity index is 1500. The topological polar surface area (TPSA) is 119 Å². The number of nitrogen functional groups attached to an aromatic ring is 1. The van der Waals surface area contributed by atoms with Crippen molar-refractivity contribution < 1.29 is 14.0 Å². The summed E-state index contributed by atoms with van der Waals surface area (Å²) in [7, 11) is 0. The molecule has 0 bridgehead atoms. The first kappa shape index (κ1) is 21.7. The van der Waals surface area contributed by atoms with Gasteiger partial charge in [-0.3, -0.25) is 4.90 Å². The zero-order chi connectivity index (χ0) is 24.3. The molecule has 0 spiro atoms. The lowest BCUT2D eigenvalue weighted by Crippen LogP contribution is -2.48. The number of hydrogen-bond donors (Lipinski definition) is 2. The zero-order valence-electron chi connectivity index (χ0n) is 19.4. The molecule has 1 atom stereocenters. The van der Waals surface area contributed by atoms with Crippen LogP contribution in [0.1, 0.15) is 43.0 Å². The van der Waals surface area contributed by atoms with Crippen molar-refractivity contribution >= 4 is 16.9 Å². The van der Waals surface area contributed by atoms with Gasteiger partial charge in [-0.1, -0.05) is 11.1 Å². The van der Waals surface area contributed by atoms with Gasteiger partial charge in [-0.15, -0.1) is 0 Å². The fourth-order valence-electron chi connectivity index (χ4n) is 4.52. The molecule has 0 aromatic carbocycles. The highest BCUT2D eigenvalue weighted by Crippen LogP contribution is 2.39. The minimum absolute atomic E-state index is 0.00104. The average molecular weight is 474 g/mol. The average Bonchev–Trinajstić information content (AvgIpc) is 3.42. The van der Waals surface area contributed by atoms with Crippen LogP contribution in [0, 0.1) is 24.6 Å².